The summed E-state index contributed by atoms with van der Waals surface area (Å²) in [5.74, 6) is 1.31. The smallest absolute Gasteiger partial charge is 0.269 e. The van der Waals surface area contributed by atoms with Crippen molar-refractivity contribution >= 4 is 35.2 Å². The van der Waals surface area contributed by atoms with E-state index < -0.39 is 0 Å². The molecule has 0 bridgehead atoms. The van der Waals surface area contributed by atoms with Gasteiger partial charge < -0.3 is 24.8 Å². The van der Waals surface area contributed by atoms with Crippen molar-refractivity contribution in [3.8, 4) is 22.5 Å². The second-order valence-corrected chi connectivity index (χ2v) is 12.1. The number of hydrogen-bond donors (Lipinski definition) is 3. The van der Waals surface area contributed by atoms with Crippen LogP contribution in [0.25, 0.3) is 33.3 Å². The maximum atomic E-state index is 12.6. The van der Waals surface area contributed by atoms with Crippen molar-refractivity contribution in [2.75, 3.05) is 33.4 Å². The Kier molecular flexibility index (Phi) is 9.46. The predicted octanol–water partition coefficient (Wildman–Crippen LogP) is 4.92. The highest BCUT2D eigenvalue weighted by Crippen LogP contribution is 2.37. The number of aromatic nitrogens is 4. The lowest BCUT2D eigenvalue weighted by Crippen LogP contribution is -2.37. The second kappa shape index (κ2) is 13.8. The molecule has 0 radical (unpaired) electrons. The highest BCUT2D eigenvalue weighted by Gasteiger charge is 2.30. The molecule has 2 aliphatic rings. The van der Waals surface area contributed by atoms with Gasteiger partial charge in [-0.15, -0.1) is 12.6 Å². The lowest BCUT2D eigenvalue weighted by molar-refractivity contribution is -0.130. The van der Waals surface area contributed by atoms with Gasteiger partial charge >= 0.3 is 0 Å². The van der Waals surface area contributed by atoms with Crippen LogP contribution in [0.5, 0.6) is 0 Å². The number of rotatable bonds is 9. The third-order valence-electron chi connectivity index (χ3n) is 8.59. The summed E-state index contributed by atoms with van der Waals surface area (Å²) in [5, 5.41) is 7.90. The summed E-state index contributed by atoms with van der Waals surface area (Å²) in [4.78, 5) is 42.3. The zero-order valence-corrected chi connectivity index (χ0v) is 26.6. The maximum absolute atomic E-state index is 12.6. The molecule has 2 N–H and O–H groups in total. The lowest BCUT2D eigenvalue weighted by Gasteiger charge is -2.30. The van der Waals surface area contributed by atoms with Crippen LogP contribution in [-0.4, -0.2) is 69.6 Å². The topological polar surface area (TPSA) is 114 Å². The number of imidazole rings is 1. The second-order valence-electron chi connectivity index (χ2n) is 11.6. The van der Waals surface area contributed by atoms with E-state index in [1.807, 2.05) is 42.5 Å². The number of nitrogens with one attached hydrogen (secondary N) is 2. The van der Waals surface area contributed by atoms with Gasteiger partial charge in [0.05, 0.1) is 23.6 Å². The van der Waals surface area contributed by atoms with Crippen LogP contribution in [0.2, 0.25) is 0 Å². The molecule has 234 valence electrons. The van der Waals surface area contributed by atoms with E-state index >= 15 is 0 Å². The first-order chi connectivity index (χ1) is 21.9. The van der Waals surface area contributed by atoms with E-state index in [-0.39, 0.29) is 11.8 Å². The molecule has 0 aliphatic carbocycles. The Bertz CT molecular complexity index is 1730. The summed E-state index contributed by atoms with van der Waals surface area (Å²) in [6.07, 6.45) is 8.89. The van der Waals surface area contributed by atoms with E-state index in [4.69, 9.17) is 14.7 Å². The van der Waals surface area contributed by atoms with Crippen LogP contribution >= 0.6 is 12.6 Å². The van der Waals surface area contributed by atoms with Crippen molar-refractivity contribution in [2.24, 2.45) is 0 Å². The van der Waals surface area contributed by atoms with Gasteiger partial charge in [0, 0.05) is 87.8 Å². The zero-order chi connectivity index (χ0) is 31.3. The largest absolute Gasteiger partial charge is 0.393 e. The molecule has 3 aromatic heterocycles. The number of benzene rings is 1. The molecule has 1 fully saturated rings. The van der Waals surface area contributed by atoms with Gasteiger partial charge in [-0.2, -0.15) is 0 Å². The third-order valence-corrected chi connectivity index (χ3v) is 8.94. The maximum Gasteiger partial charge on any atom is 0.269 e. The lowest BCUT2D eigenvalue weighted by atomic mass is 9.99. The summed E-state index contributed by atoms with van der Waals surface area (Å²) in [5.41, 5.74) is 4.97. The third kappa shape index (κ3) is 6.74. The number of amides is 2. The van der Waals surface area contributed by atoms with Gasteiger partial charge in [-0.05, 0) is 54.2 Å². The van der Waals surface area contributed by atoms with E-state index in [1.54, 1.807) is 19.2 Å². The number of nitrogens with zero attached hydrogens (tertiary/aromatic N) is 5. The van der Waals surface area contributed by atoms with Crippen molar-refractivity contribution in [3.63, 3.8) is 0 Å². The van der Waals surface area contributed by atoms with Crippen LogP contribution in [0.4, 0.5) is 0 Å². The normalized spacial score (nSPS) is 15.6. The summed E-state index contributed by atoms with van der Waals surface area (Å²) >= 11 is 4.39. The minimum absolute atomic E-state index is 0.0760. The molecule has 1 aromatic carbocycles. The van der Waals surface area contributed by atoms with Crippen molar-refractivity contribution in [3.05, 3.63) is 77.1 Å². The summed E-state index contributed by atoms with van der Waals surface area (Å²) in [7, 11) is 1.83. The summed E-state index contributed by atoms with van der Waals surface area (Å²) in [6, 6.07) is 11.9. The Balaban J connectivity index is 1.25. The monoisotopic (exact) mass is 625 g/mol. The minimum atomic E-state index is -0.206. The molecule has 2 aliphatic heterocycles. The molecule has 45 heavy (non-hydrogen) atoms. The Hall–Kier alpha value is -4.22. The van der Waals surface area contributed by atoms with Crippen molar-refractivity contribution in [1.29, 1.82) is 0 Å². The molecule has 6 rings (SSSR count). The summed E-state index contributed by atoms with van der Waals surface area (Å²) < 4.78 is 7.97. The van der Waals surface area contributed by atoms with Crippen LogP contribution < -0.4 is 10.6 Å². The van der Waals surface area contributed by atoms with Gasteiger partial charge in [0.1, 0.15) is 11.5 Å². The fourth-order valence-corrected chi connectivity index (χ4v) is 6.45. The number of hydrogen-bond acceptors (Lipinski definition) is 8. The first kappa shape index (κ1) is 30.8. The van der Waals surface area contributed by atoms with Crippen LogP contribution in [0.15, 0.2) is 59.9 Å². The molecular formula is C34H39N7O3S. The number of ether oxygens (including phenoxy) is 1. The Morgan fingerprint density at radius 1 is 1.11 bits per heavy atom. The average Bonchev–Trinajstić information content (AvgIpc) is 3.45. The predicted molar refractivity (Wildman–Crippen MR) is 178 cm³/mol. The molecule has 0 unspecified atom stereocenters. The molecular weight excluding hydrogens is 586 g/mol. The van der Waals surface area contributed by atoms with Crippen LogP contribution in [0, 0.1) is 0 Å². The minimum Gasteiger partial charge on any atom is -0.393 e. The van der Waals surface area contributed by atoms with E-state index in [1.165, 1.54) is 0 Å². The molecule has 0 saturated carbocycles. The standard InChI is InChI=1S/C34H39N7O3S/c1-22(42)40-13-14-41-31(21-40)32(39-33(41)23-10-15-44-16-11-23)27-7-3-5-24-17-30(38-20-28(24)27)25-8-9-29(37-18-25)34(43)36-12-4-6-26(45)19-35-2/h3,5,7-9,17-20,23,35,45H,4,6,10-16,21H2,1-2H3,(H,36,43)/b26-19-. The Morgan fingerprint density at radius 3 is 2.71 bits per heavy atom. The van der Waals surface area contributed by atoms with Crippen LogP contribution in [0.3, 0.4) is 0 Å². The highest BCUT2D eigenvalue weighted by molar-refractivity contribution is 7.84. The van der Waals surface area contributed by atoms with Gasteiger partial charge in [0.25, 0.3) is 5.91 Å². The number of carbonyl (C=O) groups excluding carboxylic acids is 2. The van der Waals surface area contributed by atoms with Gasteiger partial charge in [-0.25, -0.2) is 4.98 Å². The van der Waals surface area contributed by atoms with Gasteiger partial charge in [-0.3, -0.25) is 19.6 Å². The highest BCUT2D eigenvalue weighted by atomic mass is 32.1. The zero-order valence-electron chi connectivity index (χ0n) is 25.8. The fourth-order valence-electron chi connectivity index (χ4n) is 6.16. The molecule has 4 aromatic rings. The van der Waals surface area contributed by atoms with Gasteiger partial charge in [-0.1, -0.05) is 18.2 Å². The van der Waals surface area contributed by atoms with Gasteiger partial charge in [0.2, 0.25) is 5.91 Å². The molecule has 5 heterocycles. The molecule has 0 atom stereocenters. The van der Waals surface area contributed by atoms with Crippen molar-refractivity contribution < 1.29 is 14.3 Å². The Morgan fingerprint density at radius 2 is 1.96 bits per heavy atom. The van der Waals surface area contributed by atoms with Crippen LogP contribution in [0.1, 0.15) is 60.5 Å². The van der Waals surface area contributed by atoms with Crippen LogP contribution in [-0.2, 0) is 22.6 Å². The number of carbonyl (C=O) groups is 2. The average molecular weight is 626 g/mol. The Labute approximate surface area is 268 Å². The SMILES string of the molecule is CN/C=C(\S)CCCNC(=O)c1ccc(-c2cc3cccc(-c4nc(C5CCOCC5)n5c4CN(C(C)=O)CC5)c3cn2)cn1. The fraction of sp³-hybridized carbons (Fsp3) is 0.382. The van der Waals surface area contributed by atoms with Gasteiger partial charge in [0.15, 0.2) is 0 Å². The number of fused-ring (bicyclic) bond motifs is 2. The first-order valence-electron chi connectivity index (χ1n) is 15.5. The summed E-state index contributed by atoms with van der Waals surface area (Å²) in [6.45, 7) is 5.64. The van der Waals surface area contributed by atoms with Crippen molar-refractivity contribution in [2.45, 2.75) is 51.6 Å². The molecule has 1 saturated heterocycles. The van der Waals surface area contributed by atoms with E-state index in [9.17, 15) is 9.59 Å². The van der Waals surface area contributed by atoms with E-state index in [0.717, 1.165) is 95.2 Å². The number of pyridine rings is 2. The molecule has 11 heteroatoms. The molecule has 2 amide bonds. The number of thiol groups is 1. The first-order valence-corrected chi connectivity index (χ1v) is 16.0. The molecule has 0 spiro atoms. The van der Waals surface area contributed by atoms with E-state index in [2.05, 4.69) is 44.9 Å². The molecule has 10 nitrogen and oxygen atoms in total. The quantitative estimate of drug-likeness (QED) is 0.179. The number of allylic oxidation sites excluding steroid dienone is 1. The van der Waals surface area contributed by atoms with Crippen molar-refractivity contribution in [1.82, 2.24) is 35.1 Å². The van der Waals surface area contributed by atoms with E-state index in [0.29, 0.717) is 31.2 Å².